The fraction of sp³-hybridized carbons (Fsp3) is 0.500. The minimum absolute atomic E-state index is 0.528. The summed E-state index contributed by atoms with van der Waals surface area (Å²) >= 11 is 0. The molecule has 9 heavy (non-hydrogen) atoms. The molecule has 1 N–H and O–H groups in total. The van der Waals surface area contributed by atoms with Gasteiger partial charge in [0.15, 0.2) is 0 Å². The molecule has 0 atom stereocenters. The lowest BCUT2D eigenvalue weighted by Crippen LogP contribution is -2.23. The quantitative estimate of drug-likeness (QED) is 0.552. The Morgan fingerprint density at radius 2 is 1.78 bits per heavy atom. The summed E-state index contributed by atoms with van der Waals surface area (Å²) in [5, 5.41) is 3.16. The first kappa shape index (κ1) is 8.44. The van der Waals surface area contributed by atoms with E-state index in [-0.39, 0.29) is 0 Å². The van der Waals surface area contributed by atoms with Crippen LogP contribution >= 0.6 is 0 Å². The van der Waals surface area contributed by atoms with Gasteiger partial charge in [-0.25, -0.2) is 0 Å². The van der Waals surface area contributed by atoms with Gasteiger partial charge in [0.2, 0.25) is 0 Å². The Hall–Kier alpha value is -0.560. The van der Waals surface area contributed by atoms with Crippen molar-refractivity contribution < 1.29 is 0 Å². The van der Waals surface area contributed by atoms with E-state index in [1.54, 1.807) is 0 Å². The molecule has 0 unspecified atom stereocenters. The van der Waals surface area contributed by atoms with Crippen LogP contribution in [0.5, 0.6) is 0 Å². The van der Waals surface area contributed by atoms with Crippen molar-refractivity contribution in [1.82, 2.24) is 5.32 Å². The van der Waals surface area contributed by atoms with Crippen LogP contribution in [0.15, 0.2) is 25.3 Å². The molecule has 0 bridgehead atoms. The van der Waals surface area contributed by atoms with E-state index in [4.69, 9.17) is 0 Å². The maximum atomic E-state index is 3.66. The molecule has 0 aromatic carbocycles. The van der Waals surface area contributed by atoms with Crippen molar-refractivity contribution in [2.75, 3.05) is 7.05 Å². The average Bonchev–Trinajstić information content (AvgIpc) is 1.88. The highest BCUT2D eigenvalue weighted by molar-refractivity contribution is 4.82. The van der Waals surface area contributed by atoms with Crippen molar-refractivity contribution in [3.8, 4) is 0 Å². The molecule has 0 saturated heterocycles. The first-order valence-corrected chi connectivity index (χ1v) is 3.24. The molecule has 0 aliphatic rings. The number of hydrogen-bond acceptors (Lipinski definition) is 1. The Labute approximate surface area is 57.5 Å². The third kappa shape index (κ3) is 3.98. The van der Waals surface area contributed by atoms with Crippen molar-refractivity contribution in [2.24, 2.45) is 0 Å². The zero-order valence-electron chi connectivity index (χ0n) is 6.06. The van der Waals surface area contributed by atoms with Crippen LogP contribution < -0.4 is 5.32 Å². The van der Waals surface area contributed by atoms with Crippen LogP contribution in [0, 0.1) is 0 Å². The Morgan fingerprint density at radius 3 is 2.00 bits per heavy atom. The topological polar surface area (TPSA) is 12.0 Å². The van der Waals surface area contributed by atoms with Gasteiger partial charge in [0, 0.05) is 6.04 Å². The summed E-state index contributed by atoms with van der Waals surface area (Å²) in [7, 11) is 1.96. The predicted octanol–water partition coefficient (Wildman–Crippen LogP) is 1.73. The highest BCUT2D eigenvalue weighted by Gasteiger charge is 1.97. The van der Waals surface area contributed by atoms with Crippen LogP contribution in [-0.2, 0) is 0 Å². The van der Waals surface area contributed by atoms with E-state index in [9.17, 15) is 0 Å². The summed E-state index contributed by atoms with van der Waals surface area (Å²) < 4.78 is 0. The van der Waals surface area contributed by atoms with E-state index in [2.05, 4.69) is 18.5 Å². The highest BCUT2D eigenvalue weighted by Crippen LogP contribution is 1.97. The van der Waals surface area contributed by atoms with Crippen LogP contribution in [0.3, 0.4) is 0 Å². The van der Waals surface area contributed by atoms with Gasteiger partial charge in [0.1, 0.15) is 0 Å². The normalized spacial score (nSPS) is 9.56. The van der Waals surface area contributed by atoms with Crippen LogP contribution in [0.1, 0.15) is 12.8 Å². The van der Waals surface area contributed by atoms with E-state index in [0.29, 0.717) is 6.04 Å². The van der Waals surface area contributed by atoms with E-state index < -0.39 is 0 Å². The molecule has 0 radical (unpaired) electrons. The third-order valence-corrected chi connectivity index (χ3v) is 1.31. The smallest absolute Gasteiger partial charge is 0.0133 e. The third-order valence-electron chi connectivity index (χ3n) is 1.31. The van der Waals surface area contributed by atoms with Gasteiger partial charge in [-0.1, -0.05) is 12.2 Å². The predicted molar refractivity (Wildman–Crippen MR) is 42.5 cm³/mol. The summed E-state index contributed by atoms with van der Waals surface area (Å²) in [5.41, 5.74) is 0. The molecule has 0 aromatic rings. The van der Waals surface area contributed by atoms with Crippen molar-refractivity contribution in [2.45, 2.75) is 18.9 Å². The molecule has 1 nitrogen and oxygen atoms in total. The summed E-state index contributed by atoms with van der Waals surface area (Å²) in [4.78, 5) is 0. The van der Waals surface area contributed by atoms with Crippen LogP contribution in [0.4, 0.5) is 0 Å². The highest BCUT2D eigenvalue weighted by atomic mass is 14.9. The Morgan fingerprint density at radius 1 is 1.33 bits per heavy atom. The summed E-state index contributed by atoms with van der Waals surface area (Å²) in [5.74, 6) is 0. The fourth-order valence-electron chi connectivity index (χ4n) is 0.734. The first-order chi connectivity index (χ1) is 4.35. The van der Waals surface area contributed by atoms with Gasteiger partial charge in [0.05, 0.1) is 0 Å². The minimum Gasteiger partial charge on any atom is -0.316 e. The van der Waals surface area contributed by atoms with E-state index >= 15 is 0 Å². The summed E-state index contributed by atoms with van der Waals surface area (Å²) in [6, 6.07) is 0.528. The lowest BCUT2D eigenvalue weighted by atomic mass is 10.1. The van der Waals surface area contributed by atoms with Gasteiger partial charge >= 0.3 is 0 Å². The molecule has 0 aromatic heterocycles. The van der Waals surface area contributed by atoms with Crippen molar-refractivity contribution >= 4 is 0 Å². The molecular weight excluding hydrogens is 110 g/mol. The number of hydrogen-bond donors (Lipinski definition) is 1. The fourth-order valence-corrected chi connectivity index (χ4v) is 0.734. The SMILES string of the molecule is C=CCC(CC=C)NC. The molecule has 0 heterocycles. The maximum Gasteiger partial charge on any atom is 0.0133 e. The average molecular weight is 125 g/mol. The van der Waals surface area contributed by atoms with Gasteiger partial charge in [-0.2, -0.15) is 0 Å². The van der Waals surface area contributed by atoms with Crippen molar-refractivity contribution in [1.29, 1.82) is 0 Å². The zero-order chi connectivity index (χ0) is 7.11. The van der Waals surface area contributed by atoms with Gasteiger partial charge < -0.3 is 5.32 Å². The van der Waals surface area contributed by atoms with Gasteiger partial charge in [-0.05, 0) is 19.9 Å². The summed E-state index contributed by atoms with van der Waals surface area (Å²) in [6.07, 6.45) is 5.88. The molecule has 52 valence electrons. The maximum absolute atomic E-state index is 3.66. The van der Waals surface area contributed by atoms with Crippen LogP contribution in [-0.4, -0.2) is 13.1 Å². The number of rotatable bonds is 5. The summed E-state index contributed by atoms with van der Waals surface area (Å²) in [6.45, 7) is 7.31. The van der Waals surface area contributed by atoms with Crippen LogP contribution in [0.2, 0.25) is 0 Å². The Bertz CT molecular complexity index is 76.6. The zero-order valence-corrected chi connectivity index (χ0v) is 6.06. The van der Waals surface area contributed by atoms with Gasteiger partial charge in [-0.15, -0.1) is 13.2 Å². The van der Waals surface area contributed by atoms with Crippen molar-refractivity contribution in [3.05, 3.63) is 25.3 Å². The molecule has 0 saturated carbocycles. The monoisotopic (exact) mass is 125 g/mol. The molecule has 1 heteroatoms. The van der Waals surface area contributed by atoms with E-state index in [0.717, 1.165) is 12.8 Å². The second kappa shape index (κ2) is 5.57. The minimum atomic E-state index is 0.528. The second-order valence-electron chi connectivity index (χ2n) is 2.03. The lowest BCUT2D eigenvalue weighted by Gasteiger charge is -2.09. The van der Waals surface area contributed by atoms with E-state index in [1.165, 1.54) is 0 Å². The molecule has 0 aliphatic carbocycles. The molecule has 0 spiro atoms. The first-order valence-electron chi connectivity index (χ1n) is 3.24. The Balaban J connectivity index is 3.39. The molecule has 0 amide bonds. The van der Waals surface area contributed by atoms with E-state index in [1.807, 2.05) is 19.2 Å². The number of nitrogens with one attached hydrogen (secondary N) is 1. The standard InChI is InChI=1S/C8H15N/c1-4-6-8(9-3)7-5-2/h4-5,8-9H,1-2,6-7H2,3H3. The second-order valence-corrected chi connectivity index (χ2v) is 2.03. The molecule has 0 fully saturated rings. The molecular formula is C8H15N. The van der Waals surface area contributed by atoms with Crippen LogP contribution in [0.25, 0.3) is 0 Å². The molecule has 0 aliphatic heterocycles. The van der Waals surface area contributed by atoms with Gasteiger partial charge in [0.25, 0.3) is 0 Å². The lowest BCUT2D eigenvalue weighted by molar-refractivity contribution is 0.577. The molecule has 0 rings (SSSR count). The largest absolute Gasteiger partial charge is 0.316 e. The van der Waals surface area contributed by atoms with Gasteiger partial charge in [-0.3, -0.25) is 0 Å². The Kier molecular flexibility index (Phi) is 5.23. The van der Waals surface area contributed by atoms with Crippen molar-refractivity contribution in [3.63, 3.8) is 0 Å².